The molecule has 1 amide bonds. The molecule has 0 aromatic heterocycles. The maximum atomic E-state index is 12.2. The molecule has 1 atom stereocenters. The van der Waals surface area contributed by atoms with Gasteiger partial charge in [0.25, 0.3) is 5.91 Å². The molecular weight excluding hydrogens is 252 g/mol. The summed E-state index contributed by atoms with van der Waals surface area (Å²) in [4.78, 5) is 16.1. The Bertz CT molecular complexity index is 447. The molecule has 0 radical (unpaired) electrons. The van der Waals surface area contributed by atoms with E-state index < -0.39 is 5.60 Å². The number of likely N-dealkylation sites (N-methyl/N-ethyl adjacent to an activating group) is 1. The zero-order valence-electron chi connectivity index (χ0n) is 12.6. The number of nitrogens with zero attached hydrogens (tertiary/aromatic N) is 2. The van der Waals surface area contributed by atoms with Crippen molar-refractivity contribution in [2.45, 2.75) is 18.9 Å². The minimum atomic E-state index is -0.710. The van der Waals surface area contributed by atoms with Crippen molar-refractivity contribution >= 4 is 5.91 Å². The third kappa shape index (κ3) is 3.58. The lowest BCUT2D eigenvalue weighted by Crippen LogP contribution is -2.58. The summed E-state index contributed by atoms with van der Waals surface area (Å²) >= 11 is 0. The van der Waals surface area contributed by atoms with Crippen LogP contribution < -0.4 is 0 Å². The van der Waals surface area contributed by atoms with Gasteiger partial charge in [-0.15, -0.1) is 0 Å². The van der Waals surface area contributed by atoms with Gasteiger partial charge in [0.15, 0.2) is 5.60 Å². The molecule has 0 aliphatic carbocycles. The van der Waals surface area contributed by atoms with Gasteiger partial charge in [-0.2, -0.15) is 0 Å². The van der Waals surface area contributed by atoms with Crippen LogP contribution >= 0.6 is 0 Å². The number of benzene rings is 1. The monoisotopic (exact) mass is 276 g/mol. The Balaban J connectivity index is 1.92. The normalized spacial score (nSPS) is 23.6. The first-order valence-electron chi connectivity index (χ1n) is 7.13. The van der Waals surface area contributed by atoms with E-state index in [1.54, 1.807) is 19.0 Å². The van der Waals surface area contributed by atoms with Crippen LogP contribution in [0.15, 0.2) is 30.3 Å². The van der Waals surface area contributed by atoms with E-state index in [1.807, 2.05) is 13.0 Å². The topological polar surface area (TPSA) is 32.8 Å². The van der Waals surface area contributed by atoms with Crippen molar-refractivity contribution in [3.8, 4) is 0 Å². The van der Waals surface area contributed by atoms with Crippen molar-refractivity contribution < 1.29 is 9.53 Å². The first-order chi connectivity index (χ1) is 9.51. The molecule has 4 nitrogen and oxygen atoms in total. The van der Waals surface area contributed by atoms with Crippen molar-refractivity contribution in [2.24, 2.45) is 0 Å². The average molecular weight is 276 g/mol. The van der Waals surface area contributed by atoms with E-state index in [2.05, 4.69) is 29.2 Å². The molecular formula is C16H24N2O2. The molecule has 1 aromatic rings. The Labute approximate surface area is 121 Å². The number of amides is 1. The van der Waals surface area contributed by atoms with Gasteiger partial charge in [0, 0.05) is 33.7 Å². The number of morpholine rings is 1. The Morgan fingerprint density at radius 1 is 1.35 bits per heavy atom. The summed E-state index contributed by atoms with van der Waals surface area (Å²) < 4.78 is 5.74. The lowest BCUT2D eigenvalue weighted by Gasteiger charge is -2.40. The van der Waals surface area contributed by atoms with Crippen LogP contribution in [0.2, 0.25) is 0 Å². The second-order valence-electron chi connectivity index (χ2n) is 5.79. The summed E-state index contributed by atoms with van der Waals surface area (Å²) in [6, 6.07) is 10.4. The SMILES string of the molecule is CN(C)C(=O)C1(C)CN(CCc2ccccc2)CCO1. The molecule has 1 aromatic carbocycles. The largest absolute Gasteiger partial charge is 0.363 e. The average Bonchev–Trinajstić information content (AvgIpc) is 2.45. The highest BCUT2D eigenvalue weighted by Gasteiger charge is 2.39. The predicted octanol–water partition coefficient (Wildman–Crippen LogP) is 1.41. The molecule has 1 fully saturated rings. The Morgan fingerprint density at radius 3 is 2.70 bits per heavy atom. The minimum Gasteiger partial charge on any atom is -0.363 e. The highest BCUT2D eigenvalue weighted by molar-refractivity contribution is 5.84. The summed E-state index contributed by atoms with van der Waals surface area (Å²) in [5, 5.41) is 0. The van der Waals surface area contributed by atoms with Gasteiger partial charge in [0.2, 0.25) is 0 Å². The second-order valence-corrected chi connectivity index (χ2v) is 5.79. The highest BCUT2D eigenvalue weighted by atomic mass is 16.5. The molecule has 0 spiro atoms. The second kappa shape index (κ2) is 6.37. The van der Waals surface area contributed by atoms with Gasteiger partial charge in [-0.1, -0.05) is 30.3 Å². The van der Waals surface area contributed by atoms with Crippen molar-refractivity contribution in [3.63, 3.8) is 0 Å². The van der Waals surface area contributed by atoms with Crippen molar-refractivity contribution in [1.82, 2.24) is 9.80 Å². The fraction of sp³-hybridized carbons (Fsp3) is 0.562. The smallest absolute Gasteiger partial charge is 0.255 e. The molecule has 1 heterocycles. The third-order valence-corrected chi connectivity index (χ3v) is 3.77. The number of carbonyl (C=O) groups excluding carboxylic acids is 1. The van der Waals surface area contributed by atoms with Crippen LogP contribution in [0.4, 0.5) is 0 Å². The zero-order valence-corrected chi connectivity index (χ0v) is 12.6. The molecule has 1 aliphatic rings. The number of rotatable bonds is 4. The molecule has 2 rings (SSSR count). The summed E-state index contributed by atoms with van der Waals surface area (Å²) in [7, 11) is 3.56. The summed E-state index contributed by atoms with van der Waals surface area (Å²) in [5.41, 5.74) is 0.623. The van der Waals surface area contributed by atoms with Gasteiger partial charge >= 0.3 is 0 Å². The van der Waals surface area contributed by atoms with Crippen LogP contribution in [-0.4, -0.2) is 61.6 Å². The van der Waals surface area contributed by atoms with Crippen LogP contribution in [0.3, 0.4) is 0 Å². The van der Waals surface area contributed by atoms with Crippen molar-refractivity contribution in [2.75, 3.05) is 40.3 Å². The number of carbonyl (C=O) groups is 1. The van der Waals surface area contributed by atoms with Crippen molar-refractivity contribution in [3.05, 3.63) is 35.9 Å². The van der Waals surface area contributed by atoms with Gasteiger partial charge in [-0.05, 0) is 18.9 Å². The summed E-state index contributed by atoms with van der Waals surface area (Å²) in [6.07, 6.45) is 1.01. The highest BCUT2D eigenvalue weighted by Crippen LogP contribution is 2.20. The quantitative estimate of drug-likeness (QED) is 0.833. The van der Waals surface area contributed by atoms with E-state index in [0.29, 0.717) is 13.2 Å². The molecule has 20 heavy (non-hydrogen) atoms. The Kier molecular flexibility index (Phi) is 4.78. The predicted molar refractivity (Wildman–Crippen MR) is 79.6 cm³/mol. The van der Waals surface area contributed by atoms with E-state index in [0.717, 1.165) is 19.5 Å². The maximum absolute atomic E-state index is 12.2. The van der Waals surface area contributed by atoms with E-state index in [1.165, 1.54) is 5.56 Å². The van der Waals surface area contributed by atoms with Gasteiger partial charge in [0.05, 0.1) is 6.61 Å². The summed E-state index contributed by atoms with van der Waals surface area (Å²) in [5.74, 6) is 0.0434. The number of hydrogen-bond donors (Lipinski definition) is 0. The van der Waals surface area contributed by atoms with E-state index in [-0.39, 0.29) is 5.91 Å². The minimum absolute atomic E-state index is 0.0434. The fourth-order valence-corrected chi connectivity index (χ4v) is 2.68. The molecule has 110 valence electrons. The van der Waals surface area contributed by atoms with Gasteiger partial charge < -0.3 is 9.64 Å². The van der Waals surface area contributed by atoms with Gasteiger partial charge in [0.1, 0.15) is 0 Å². The van der Waals surface area contributed by atoms with Crippen LogP contribution in [0, 0.1) is 0 Å². The third-order valence-electron chi connectivity index (χ3n) is 3.77. The van der Waals surface area contributed by atoms with Crippen LogP contribution in [-0.2, 0) is 16.0 Å². The van der Waals surface area contributed by atoms with Crippen LogP contribution in [0.25, 0.3) is 0 Å². The molecule has 4 heteroatoms. The Hall–Kier alpha value is -1.39. The zero-order chi connectivity index (χ0) is 14.6. The van der Waals surface area contributed by atoms with Crippen molar-refractivity contribution in [1.29, 1.82) is 0 Å². The molecule has 1 saturated heterocycles. The molecule has 0 bridgehead atoms. The number of ether oxygens (including phenoxy) is 1. The van der Waals surface area contributed by atoms with Gasteiger partial charge in [-0.3, -0.25) is 9.69 Å². The lowest BCUT2D eigenvalue weighted by atomic mass is 10.0. The Morgan fingerprint density at radius 2 is 2.05 bits per heavy atom. The standard InChI is InChI=1S/C16H24N2O2/c1-16(15(19)17(2)3)13-18(11-12-20-16)10-9-14-7-5-4-6-8-14/h4-8H,9-13H2,1-3H3. The number of hydrogen-bond acceptors (Lipinski definition) is 3. The first-order valence-corrected chi connectivity index (χ1v) is 7.13. The molecule has 0 saturated carbocycles. The van der Waals surface area contributed by atoms with Crippen LogP contribution in [0.5, 0.6) is 0 Å². The maximum Gasteiger partial charge on any atom is 0.255 e. The van der Waals surface area contributed by atoms with E-state index in [4.69, 9.17) is 4.74 Å². The van der Waals surface area contributed by atoms with Crippen LogP contribution in [0.1, 0.15) is 12.5 Å². The summed E-state index contributed by atoms with van der Waals surface area (Å²) in [6.45, 7) is 5.03. The molecule has 1 aliphatic heterocycles. The van der Waals surface area contributed by atoms with E-state index >= 15 is 0 Å². The van der Waals surface area contributed by atoms with Gasteiger partial charge in [-0.25, -0.2) is 0 Å². The fourth-order valence-electron chi connectivity index (χ4n) is 2.68. The molecule has 1 unspecified atom stereocenters. The molecule has 0 N–H and O–H groups in total. The van der Waals surface area contributed by atoms with E-state index in [9.17, 15) is 4.79 Å². The first kappa shape index (κ1) is 15.0. The lowest BCUT2D eigenvalue weighted by molar-refractivity contribution is -0.164.